The summed E-state index contributed by atoms with van der Waals surface area (Å²) in [6.07, 6.45) is 2.01. The predicted octanol–water partition coefficient (Wildman–Crippen LogP) is 0.428. The Labute approximate surface area is 79.2 Å². The van der Waals surface area contributed by atoms with Crippen molar-refractivity contribution in [2.24, 2.45) is 11.8 Å². The first-order valence-electron chi connectivity index (χ1n) is 4.33. The predicted molar refractivity (Wildman–Crippen MR) is 49.3 cm³/mol. The highest BCUT2D eigenvalue weighted by atomic mass is 32.2. The van der Waals surface area contributed by atoms with Crippen molar-refractivity contribution in [1.29, 1.82) is 5.26 Å². The number of nitrogens with zero attached hydrogens (tertiary/aromatic N) is 2. The minimum atomic E-state index is -3.03. The number of nitriles is 1. The first-order chi connectivity index (χ1) is 5.99. The molecule has 74 valence electrons. The van der Waals surface area contributed by atoms with Crippen LogP contribution in [0.5, 0.6) is 0 Å². The fourth-order valence-corrected chi connectivity index (χ4v) is 2.45. The van der Waals surface area contributed by atoms with Gasteiger partial charge in [-0.3, -0.25) is 0 Å². The van der Waals surface area contributed by atoms with Crippen molar-refractivity contribution in [3.63, 3.8) is 0 Å². The van der Waals surface area contributed by atoms with Gasteiger partial charge in [0.25, 0.3) is 0 Å². The average molecular weight is 202 g/mol. The van der Waals surface area contributed by atoms with Gasteiger partial charge in [0.1, 0.15) is 0 Å². The second-order valence-electron chi connectivity index (χ2n) is 3.48. The van der Waals surface area contributed by atoms with E-state index in [9.17, 15) is 8.42 Å². The molecule has 0 saturated carbocycles. The highest BCUT2D eigenvalue weighted by Crippen LogP contribution is 2.27. The van der Waals surface area contributed by atoms with E-state index in [2.05, 4.69) is 6.07 Å². The van der Waals surface area contributed by atoms with E-state index in [1.54, 1.807) is 0 Å². The lowest BCUT2D eigenvalue weighted by Gasteiger charge is -2.39. The summed E-state index contributed by atoms with van der Waals surface area (Å²) in [5.74, 6) is 0.253. The van der Waals surface area contributed by atoms with Crippen LogP contribution in [0.25, 0.3) is 0 Å². The van der Waals surface area contributed by atoms with Gasteiger partial charge in [0, 0.05) is 19.0 Å². The lowest BCUT2D eigenvalue weighted by Crippen LogP contribution is -2.51. The minimum Gasteiger partial charge on any atom is -0.213 e. The van der Waals surface area contributed by atoms with Gasteiger partial charge >= 0.3 is 0 Å². The summed E-state index contributed by atoms with van der Waals surface area (Å²) in [5.41, 5.74) is 0. The van der Waals surface area contributed by atoms with Crippen LogP contribution in [0.2, 0.25) is 0 Å². The zero-order valence-electron chi connectivity index (χ0n) is 7.90. The molecule has 1 atom stereocenters. The molecule has 0 aromatic heterocycles. The zero-order chi connectivity index (χ0) is 10.1. The number of hydrogen-bond donors (Lipinski definition) is 0. The van der Waals surface area contributed by atoms with Gasteiger partial charge in [-0.1, -0.05) is 6.92 Å². The second-order valence-corrected chi connectivity index (χ2v) is 5.47. The van der Waals surface area contributed by atoms with E-state index < -0.39 is 10.0 Å². The molecule has 0 N–H and O–H groups in total. The SMILES string of the molecule is CCC(C#N)C1CN(S(C)(=O)=O)C1. The summed E-state index contributed by atoms with van der Waals surface area (Å²) in [7, 11) is -3.03. The Morgan fingerprint density at radius 3 is 2.46 bits per heavy atom. The van der Waals surface area contributed by atoms with Crippen LogP contribution in [-0.2, 0) is 10.0 Å². The molecule has 1 aliphatic rings. The van der Waals surface area contributed by atoms with Crippen molar-refractivity contribution in [3.05, 3.63) is 0 Å². The van der Waals surface area contributed by atoms with Crippen LogP contribution >= 0.6 is 0 Å². The molecular weight excluding hydrogens is 188 g/mol. The molecule has 1 saturated heterocycles. The fourth-order valence-electron chi connectivity index (χ4n) is 1.52. The monoisotopic (exact) mass is 202 g/mol. The molecular formula is C8H14N2O2S. The Balaban J connectivity index is 2.47. The lowest BCUT2D eigenvalue weighted by molar-refractivity contribution is 0.159. The van der Waals surface area contributed by atoms with Gasteiger partial charge in [0.15, 0.2) is 0 Å². The first kappa shape index (κ1) is 10.5. The maximum absolute atomic E-state index is 11.0. The first-order valence-corrected chi connectivity index (χ1v) is 6.18. The van der Waals surface area contributed by atoms with E-state index in [4.69, 9.17) is 5.26 Å². The summed E-state index contributed by atoms with van der Waals surface area (Å²) in [5, 5.41) is 8.73. The Bertz CT molecular complexity index is 312. The molecule has 1 unspecified atom stereocenters. The third-order valence-electron chi connectivity index (χ3n) is 2.52. The normalized spacial score (nSPS) is 21.9. The van der Waals surface area contributed by atoms with Gasteiger partial charge in [-0.2, -0.15) is 5.26 Å². The highest BCUT2D eigenvalue weighted by molar-refractivity contribution is 7.88. The van der Waals surface area contributed by atoms with Crippen LogP contribution in [0.1, 0.15) is 13.3 Å². The molecule has 1 fully saturated rings. The van der Waals surface area contributed by atoms with Gasteiger partial charge < -0.3 is 0 Å². The quantitative estimate of drug-likeness (QED) is 0.666. The van der Waals surface area contributed by atoms with E-state index >= 15 is 0 Å². The lowest BCUT2D eigenvalue weighted by atomic mass is 9.87. The third kappa shape index (κ3) is 2.20. The van der Waals surface area contributed by atoms with E-state index in [-0.39, 0.29) is 11.8 Å². The maximum Gasteiger partial charge on any atom is 0.211 e. The Morgan fingerprint density at radius 1 is 1.62 bits per heavy atom. The highest BCUT2D eigenvalue weighted by Gasteiger charge is 2.37. The summed E-state index contributed by atoms with van der Waals surface area (Å²) in [4.78, 5) is 0. The molecule has 5 heteroatoms. The molecule has 0 aliphatic carbocycles. The molecule has 1 heterocycles. The van der Waals surface area contributed by atoms with Crippen LogP contribution in [0.15, 0.2) is 0 Å². The van der Waals surface area contributed by atoms with Crippen molar-refractivity contribution in [2.75, 3.05) is 19.3 Å². The molecule has 0 aromatic carbocycles. The number of sulfonamides is 1. The molecule has 0 radical (unpaired) electrons. The number of rotatable bonds is 3. The topological polar surface area (TPSA) is 61.2 Å². The zero-order valence-corrected chi connectivity index (χ0v) is 8.71. The van der Waals surface area contributed by atoms with Crippen LogP contribution < -0.4 is 0 Å². The van der Waals surface area contributed by atoms with Crippen molar-refractivity contribution in [3.8, 4) is 6.07 Å². The smallest absolute Gasteiger partial charge is 0.211 e. The summed E-state index contributed by atoms with van der Waals surface area (Å²) in [6.45, 7) is 2.99. The second kappa shape index (κ2) is 3.64. The van der Waals surface area contributed by atoms with E-state index in [1.807, 2.05) is 6.92 Å². The van der Waals surface area contributed by atoms with Crippen molar-refractivity contribution < 1.29 is 8.42 Å². The fraction of sp³-hybridized carbons (Fsp3) is 0.875. The van der Waals surface area contributed by atoms with Crippen molar-refractivity contribution in [1.82, 2.24) is 4.31 Å². The third-order valence-corrected chi connectivity index (χ3v) is 3.76. The van der Waals surface area contributed by atoms with E-state index in [0.717, 1.165) is 6.42 Å². The maximum atomic E-state index is 11.0. The molecule has 1 rings (SSSR count). The van der Waals surface area contributed by atoms with Gasteiger partial charge in [0.05, 0.1) is 18.2 Å². The molecule has 0 spiro atoms. The molecule has 4 nitrogen and oxygen atoms in total. The van der Waals surface area contributed by atoms with Gasteiger partial charge in [0.2, 0.25) is 10.0 Å². The molecule has 0 aromatic rings. The minimum absolute atomic E-state index is 0.0120. The standard InChI is InChI=1S/C8H14N2O2S/c1-3-7(4-9)8-5-10(6-8)13(2,11)12/h7-8H,3,5-6H2,1-2H3. The van der Waals surface area contributed by atoms with Crippen LogP contribution in [-0.4, -0.2) is 32.1 Å². The van der Waals surface area contributed by atoms with Crippen LogP contribution in [0, 0.1) is 23.2 Å². The van der Waals surface area contributed by atoms with Gasteiger partial charge in [-0.15, -0.1) is 0 Å². The van der Waals surface area contributed by atoms with Crippen LogP contribution in [0.4, 0.5) is 0 Å². The van der Waals surface area contributed by atoms with Crippen molar-refractivity contribution in [2.45, 2.75) is 13.3 Å². The molecule has 0 amide bonds. The summed E-state index contributed by atoms with van der Waals surface area (Å²) in [6, 6.07) is 2.20. The van der Waals surface area contributed by atoms with Gasteiger partial charge in [-0.05, 0) is 6.42 Å². The van der Waals surface area contributed by atoms with Gasteiger partial charge in [-0.25, -0.2) is 12.7 Å². The Kier molecular flexibility index (Phi) is 2.94. The van der Waals surface area contributed by atoms with E-state index in [1.165, 1.54) is 10.6 Å². The average Bonchev–Trinajstić information content (AvgIpc) is 1.92. The summed E-state index contributed by atoms with van der Waals surface area (Å²) < 4.78 is 23.4. The molecule has 1 aliphatic heterocycles. The summed E-state index contributed by atoms with van der Waals surface area (Å²) >= 11 is 0. The molecule has 0 bridgehead atoms. The van der Waals surface area contributed by atoms with Crippen molar-refractivity contribution >= 4 is 10.0 Å². The number of hydrogen-bond acceptors (Lipinski definition) is 3. The van der Waals surface area contributed by atoms with Crippen LogP contribution in [0.3, 0.4) is 0 Å². The molecule has 13 heavy (non-hydrogen) atoms. The Hall–Kier alpha value is -0.600. The Morgan fingerprint density at radius 2 is 2.15 bits per heavy atom. The largest absolute Gasteiger partial charge is 0.213 e. The van der Waals surface area contributed by atoms with E-state index in [0.29, 0.717) is 13.1 Å².